The second-order valence-electron chi connectivity index (χ2n) is 6.31. The normalized spacial score (nSPS) is 14.7. The Balaban J connectivity index is 2.76. The van der Waals surface area contributed by atoms with E-state index in [4.69, 9.17) is 0 Å². The molecule has 1 rings (SSSR count). The van der Waals surface area contributed by atoms with E-state index in [2.05, 4.69) is 10.6 Å². The third-order valence-electron chi connectivity index (χ3n) is 3.72. The van der Waals surface area contributed by atoms with E-state index in [-0.39, 0.29) is 30.7 Å². The van der Waals surface area contributed by atoms with Gasteiger partial charge < -0.3 is 15.7 Å². The van der Waals surface area contributed by atoms with E-state index in [9.17, 15) is 23.5 Å². The van der Waals surface area contributed by atoms with Gasteiger partial charge in [-0.05, 0) is 50.0 Å². The molecule has 5 nitrogen and oxygen atoms in total. The lowest BCUT2D eigenvalue weighted by Gasteiger charge is -2.26. The third-order valence-corrected chi connectivity index (χ3v) is 3.72. The third kappa shape index (κ3) is 8.20. The average molecular weight is 368 g/mol. The highest BCUT2D eigenvalue weighted by Crippen LogP contribution is 2.14. The molecule has 0 fully saturated rings. The summed E-state index contributed by atoms with van der Waals surface area (Å²) < 4.78 is 26.7. The summed E-state index contributed by atoms with van der Waals surface area (Å²) in [6.45, 7) is 4.93. The topological polar surface area (TPSA) is 78.4 Å². The molecule has 144 valence electrons. The Morgan fingerprint density at radius 3 is 2.35 bits per heavy atom. The Hall–Kier alpha value is -2.28. The van der Waals surface area contributed by atoms with Gasteiger partial charge >= 0.3 is 0 Å². The highest BCUT2D eigenvalue weighted by Gasteiger charge is 2.23. The van der Waals surface area contributed by atoms with Crippen LogP contribution >= 0.6 is 0 Å². The van der Waals surface area contributed by atoms with Crippen molar-refractivity contribution in [3.8, 4) is 0 Å². The predicted octanol–water partition coefficient (Wildman–Crippen LogP) is 2.23. The first-order valence-electron chi connectivity index (χ1n) is 8.58. The quantitative estimate of drug-likeness (QED) is 0.585. The van der Waals surface area contributed by atoms with Gasteiger partial charge in [-0.3, -0.25) is 9.59 Å². The Morgan fingerprint density at radius 1 is 1.19 bits per heavy atom. The van der Waals surface area contributed by atoms with Crippen LogP contribution in [0.4, 0.5) is 8.78 Å². The lowest BCUT2D eigenvalue weighted by Crippen LogP contribution is -2.47. The number of aliphatic hydroxyl groups excluding tert-OH is 1. The van der Waals surface area contributed by atoms with Gasteiger partial charge in [0.1, 0.15) is 11.6 Å². The second-order valence-corrected chi connectivity index (χ2v) is 6.31. The molecule has 0 aliphatic heterocycles. The minimum absolute atomic E-state index is 0.0613. The van der Waals surface area contributed by atoms with Crippen LogP contribution in [0.1, 0.15) is 39.2 Å². The van der Waals surface area contributed by atoms with E-state index in [0.29, 0.717) is 5.56 Å². The van der Waals surface area contributed by atoms with Crippen molar-refractivity contribution in [2.45, 2.75) is 58.2 Å². The summed E-state index contributed by atoms with van der Waals surface area (Å²) in [5.74, 6) is -2.08. The summed E-state index contributed by atoms with van der Waals surface area (Å²) in [6.07, 6.45) is 3.11. The molecule has 0 aliphatic rings. The predicted molar refractivity (Wildman–Crippen MR) is 95.3 cm³/mol. The van der Waals surface area contributed by atoms with E-state index >= 15 is 0 Å². The zero-order valence-corrected chi connectivity index (χ0v) is 15.3. The number of hydrogen-bond acceptors (Lipinski definition) is 3. The van der Waals surface area contributed by atoms with Crippen LogP contribution in [-0.4, -0.2) is 35.1 Å². The molecule has 3 N–H and O–H groups in total. The fourth-order valence-corrected chi connectivity index (χ4v) is 2.63. The number of hydrogen-bond donors (Lipinski definition) is 3. The molecule has 3 atom stereocenters. The van der Waals surface area contributed by atoms with E-state index in [1.807, 2.05) is 6.92 Å². The first-order chi connectivity index (χ1) is 12.2. The average Bonchev–Trinajstić information content (AvgIpc) is 2.50. The SMILES string of the molecule is CCC=CC(=O)NC(C)C[C@H](O)[C@H](Cc1cc(F)cc(F)c1)NC(C)=O. The molecule has 7 heteroatoms. The fraction of sp³-hybridized carbons (Fsp3) is 0.474. The molecule has 0 radical (unpaired) electrons. The molecule has 0 aliphatic carbocycles. The number of amides is 2. The van der Waals surface area contributed by atoms with Crippen molar-refractivity contribution in [3.05, 3.63) is 47.5 Å². The highest BCUT2D eigenvalue weighted by atomic mass is 19.1. The monoisotopic (exact) mass is 368 g/mol. The van der Waals surface area contributed by atoms with Gasteiger partial charge in [0.25, 0.3) is 0 Å². The second kappa shape index (κ2) is 10.7. The van der Waals surface area contributed by atoms with Gasteiger partial charge in [-0.15, -0.1) is 0 Å². The van der Waals surface area contributed by atoms with Crippen molar-refractivity contribution >= 4 is 11.8 Å². The van der Waals surface area contributed by atoms with Crippen LogP contribution in [0.3, 0.4) is 0 Å². The molecule has 1 aromatic rings. The van der Waals surface area contributed by atoms with Gasteiger partial charge in [0, 0.05) is 19.0 Å². The van der Waals surface area contributed by atoms with Crippen molar-refractivity contribution in [1.82, 2.24) is 10.6 Å². The number of carbonyl (C=O) groups is 2. The summed E-state index contributed by atoms with van der Waals surface area (Å²) in [5.41, 5.74) is 0.322. The van der Waals surface area contributed by atoms with Gasteiger partial charge in [-0.2, -0.15) is 0 Å². The van der Waals surface area contributed by atoms with Crippen LogP contribution in [-0.2, 0) is 16.0 Å². The number of rotatable bonds is 9. The van der Waals surface area contributed by atoms with E-state index in [1.54, 1.807) is 13.0 Å². The van der Waals surface area contributed by atoms with Gasteiger partial charge in [0.2, 0.25) is 11.8 Å². The number of aliphatic hydroxyl groups is 1. The molecule has 26 heavy (non-hydrogen) atoms. The number of carbonyl (C=O) groups excluding carboxylic acids is 2. The van der Waals surface area contributed by atoms with Crippen LogP contribution < -0.4 is 10.6 Å². The number of nitrogens with one attached hydrogen (secondary N) is 2. The van der Waals surface area contributed by atoms with E-state index < -0.39 is 23.8 Å². The van der Waals surface area contributed by atoms with Gasteiger partial charge in [-0.25, -0.2) is 8.78 Å². The smallest absolute Gasteiger partial charge is 0.243 e. The fourth-order valence-electron chi connectivity index (χ4n) is 2.63. The molecule has 0 heterocycles. The maximum Gasteiger partial charge on any atom is 0.243 e. The maximum atomic E-state index is 13.4. The Labute approximate surface area is 152 Å². The Bertz CT molecular complexity index is 629. The molecule has 0 saturated carbocycles. The van der Waals surface area contributed by atoms with Crippen LogP contribution in [0, 0.1) is 11.6 Å². The molecule has 0 bridgehead atoms. The van der Waals surface area contributed by atoms with Crippen LogP contribution in [0.25, 0.3) is 0 Å². The number of allylic oxidation sites excluding steroid dienone is 1. The molecule has 0 spiro atoms. The summed E-state index contributed by atoms with van der Waals surface area (Å²) in [5, 5.41) is 15.8. The number of halogens is 2. The molecule has 2 amide bonds. The molecular weight excluding hydrogens is 342 g/mol. The van der Waals surface area contributed by atoms with E-state index in [1.165, 1.54) is 13.0 Å². The molecule has 1 aromatic carbocycles. The lowest BCUT2D eigenvalue weighted by atomic mass is 9.96. The summed E-state index contributed by atoms with van der Waals surface area (Å²) in [4.78, 5) is 23.1. The molecule has 1 unspecified atom stereocenters. The first kappa shape index (κ1) is 21.8. The van der Waals surface area contributed by atoms with Crippen molar-refractivity contribution in [1.29, 1.82) is 0 Å². The van der Waals surface area contributed by atoms with Crippen molar-refractivity contribution in [2.75, 3.05) is 0 Å². The van der Waals surface area contributed by atoms with Crippen molar-refractivity contribution < 1.29 is 23.5 Å². The zero-order chi connectivity index (χ0) is 19.7. The van der Waals surface area contributed by atoms with Gasteiger partial charge in [0.05, 0.1) is 12.1 Å². The minimum atomic E-state index is -1.00. The summed E-state index contributed by atoms with van der Waals surface area (Å²) in [7, 11) is 0. The Morgan fingerprint density at radius 2 is 1.81 bits per heavy atom. The van der Waals surface area contributed by atoms with Crippen LogP contribution in [0.2, 0.25) is 0 Å². The standard InChI is InChI=1S/C19H26F2N2O3/c1-4-5-6-19(26)22-12(2)7-18(25)17(23-13(3)24)10-14-8-15(20)11-16(21)9-14/h5-6,8-9,11-12,17-18,25H,4,7,10H2,1-3H3,(H,22,26)(H,23,24)/t12?,17-,18-/m0/s1. The van der Waals surface area contributed by atoms with Crippen molar-refractivity contribution in [2.24, 2.45) is 0 Å². The summed E-state index contributed by atoms with van der Waals surface area (Å²) in [6, 6.07) is 1.99. The van der Waals surface area contributed by atoms with Crippen LogP contribution in [0.5, 0.6) is 0 Å². The number of benzene rings is 1. The lowest BCUT2D eigenvalue weighted by molar-refractivity contribution is -0.121. The molecule has 0 saturated heterocycles. The molecular formula is C19H26F2N2O3. The maximum absolute atomic E-state index is 13.4. The first-order valence-corrected chi connectivity index (χ1v) is 8.58. The zero-order valence-electron chi connectivity index (χ0n) is 15.3. The molecule has 0 aromatic heterocycles. The Kier molecular flexibility index (Phi) is 8.92. The van der Waals surface area contributed by atoms with E-state index in [0.717, 1.165) is 24.6 Å². The highest BCUT2D eigenvalue weighted by molar-refractivity contribution is 5.87. The van der Waals surface area contributed by atoms with Crippen molar-refractivity contribution in [3.63, 3.8) is 0 Å². The van der Waals surface area contributed by atoms with Crippen LogP contribution in [0.15, 0.2) is 30.4 Å². The largest absolute Gasteiger partial charge is 0.391 e. The van der Waals surface area contributed by atoms with Gasteiger partial charge in [0.15, 0.2) is 0 Å². The summed E-state index contributed by atoms with van der Waals surface area (Å²) >= 11 is 0. The van der Waals surface area contributed by atoms with Gasteiger partial charge in [-0.1, -0.05) is 13.0 Å². The minimum Gasteiger partial charge on any atom is -0.391 e.